The molecule has 2 aliphatic heterocycles. The van der Waals surface area contributed by atoms with Crippen LogP contribution in [0.15, 0.2) is 64.6 Å². The zero-order valence-electron chi connectivity index (χ0n) is 18.4. The van der Waals surface area contributed by atoms with Gasteiger partial charge in [-0.3, -0.25) is 0 Å². The third kappa shape index (κ3) is 3.84. The lowest BCUT2D eigenvalue weighted by atomic mass is 9.87. The molecule has 0 aromatic heterocycles. The highest BCUT2D eigenvalue weighted by Crippen LogP contribution is 2.44. The number of aliphatic carboxylic acids is 1. The first-order valence-electron chi connectivity index (χ1n) is 10.3. The van der Waals surface area contributed by atoms with Gasteiger partial charge in [-0.05, 0) is 18.2 Å². The number of fused-ring (bicyclic) bond motifs is 3. The normalized spacial score (nSPS) is 21.0. The minimum absolute atomic E-state index is 0.0421. The Hall–Kier alpha value is -3.65. The lowest BCUT2D eigenvalue weighted by Crippen LogP contribution is -2.44. The highest BCUT2D eigenvalue weighted by Gasteiger charge is 2.54. The molecule has 0 radical (unpaired) electrons. The summed E-state index contributed by atoms with van der Waals surface area (Å²) in [5.41, 5.74) is -1.36. The van der Waals surface area contributed by atoms with Crippen molar-refractivity contribution in [1.29, 1.82) is 0 Å². The van der Waals surface area contributed by atoms with Gasteiger partial charge in [-0.2, -0.15) is 0 Å². The molecule has 176 valence electrons. The van der Waals surface area contributed by atoms with Gasteiger partial charge in [-0.1, -0.05) is 36.3 Å². The summed E-state index contributed by atoms with van der Waals surface area (Å²) in [6.07, 6.45) is 7.06. The van der Waals surface area contributed by atoms with Gasteiger partial charge in [-0.25, -0.2) is 22.7 Å². The van der Waals surface area contributed by atoms with Crippen molar-refractivity contribution in [2.24, 2.45) is 0 Å². The maximum atomic E-state index is 13.3. The van der Waals surface area contributed by atoms with Gasteiger partial charge in [0.15, 0.2) is 6.61 Å². The number of nitrogens with zero attached hydrogens (tertiary/aromatic N) is 1. The predicted molar refractivity (Wildman–Crippen MR) is 125 cm³/mol. The van der Waals surface area contributed by atoms with Gasteiger partial charge in [0, 0.05) is 37.1 Å². The van der Waals surface area contributed by atoms with Gasteiger partial charge in [0.25, 0.3) is 0 Å². The van der Waals surface area contributed by atoms with E-state index in [4.69, 9.17) is 15.9 Å². The van der Waals surface area contributed by atoms with Crippen LogP contribution in [0.4, 0.5) is 5.69 Å². The first kappa shape index (κ1) is 23.5. The number of nitrogens with one attached hydrogen (secondary N) is 1. The smallest absolute Gasteiger partial charge is 0.338 e. The van der Waals surface area contributed by atoms with E-state index in [0.29, 0.717) is 5.39 Å². The van der Waals surface area contributed by atoms with Crippen LogP contribution in [0.5, 0.6) is 0 Å². The molecule has 9 nitrogen and oxygen atoms in total. The molecule has 2 heterocycles. The van der Waals surface area contributed by atoms with Crippen molar-refractivity contribution in [1.82, 2.24) is 4.72 Å². The molecule has 2 N–H and O–H groups in total. The van der Waals surface area contributed by atoms with Gasteiger partial charge >= 0.3 is 11.9 Å². The number of carbonyl (C=O) groups excluding carboxylic acids is 1. The van der Waals surface area contributed by atoms with E-state index in [1.165, 1.54) is 18.2 Å². The number of anilines is 1. The van der Waals surface area contributed by atoms with Crippen LogP contribution < -0.4 is 9.62 Å². The number of esters is 1. The summed E-state index contributed by atoms with van der Waals surface area (Å²) in [6, 6.07) is 10.3. The summed E-state index contributed by atoms with van der Waals surface area (Å²) >= 11 is 0. The van der Waals surface area contributed by atoms with Crippen molar-refractivity contribution in [3.05, 3.63) is 59.7 Å². The third-order valence-electron chi connectivity index (χ3n) is 5.73. The topological polar surface area (TPSA) is 122 Å². The van der Waals surface area contributed by atoms with E-state index in [-0.39, 0.29) is 22.6 Å². The van der Waals surface area contributed by atoms with Crippen molar-refractivity contribution >= 4 is 38.4 Å². The fourth-order valence-electron chi connectivity index (χ4n) is 4.26. The minimum Gasteiger partial charge on any atom is -0.478 e. The van der Waals surface area contributed by atoms with Crippen LogP contribution in [0.25, 0.3) is 10.8 Å². The summed E-state index contributed by atoms with van der Waals surface area (Å²) in [5, 5.41) is 10.9. The van der Waals surface area contributed by atoms with Crippen molar-refractivity contribution in [3.63, 3.8) is 0 Å². The Morgan fingerprint density at radius 2 is 1.94 bits per heavy atom. The largest absolute Gasteiger partial charge is 0.478 e. The zero-order valence-corrected chi connectivity index (χ0v) is 19.3. The Kier molecular flexibility index (Phi) is 5.95. The number of hydrogen-bond donors (Lipinski definition) is 2. The van der Waals surface area contributed by atoms with Crippen molar-refractivity contribution in [3.8, 4) is 12.3 Å². The van der Waals surface area contributed by atoms with E-state index in [9.17, 15) is 23.1 Å². The monoisotopic (exact) mass is 482 g/mol. The SMILES string of the molecule is C#CCOC(=O)C1=C(C(=O)O)C2C=CC1(CNS(=O)(=O)c1cccc3c(N(C)C)cccc13)O2. The molecule has 2 aromatic carbocycles. The maximum Gasteiger partial charge on any atom is 0.338 e. The second kappa shape index (κ2) is 8.61. The Morgan fingerprint density at radius 1 is 1.24 bits per heavy atom. The van der Waals surface area contributed by atoms with E-state index in [1.54, 1.807) is 18.2 Å². The van der Waals surface area contributed by atoms with Gasteiger partial charge in [0.05, 0.1) is 16.0 Å². The number of carboxylic acid groups (broad SMARTS) is 1. The van der Waals surface area contributed by atoms with Crippen LogP contribution >= 0.6 is 0 Å². The third-order valence-corrected chi connectivity index (χ3v) is 7.19. The Morgan fingerprint density at radius 3 is 2.62 bits per heavy atom. The van der Waals surface area contributed by atoms with Crippen molar-refractivity contribution in [2.75, 3.05) is 32.1 Å². The van der Waals surface area contributed by atoms with E-state index in [2.05, 4.69) is 10.6 Å². The summed E-state index contributed by atoms with van der Waals surface area (Å²) in [6.45, 7) is -0.779. The molecule has 0 saturated carbocycles. The summed E-state index contributed by atoms with van der Waals surface area (Å²) in [4.78, 5) is 26.4. The van der Waals surface area contributed by atoms with Crippen LogP contribution in [0.2, 0.25) is 0 Å². The second-order valence-corrected chi connectivity index (χ2v) is 9.74. The molecule has 0 amide bonds. The summed E-state index contributed by atoms with van der Waals surface area (Å²) in [7, 11) is -0.363. The maximum absolute atomic E-state index is 13.3. The predicted octanol–water partition coefficient (Wildman–Crippen LogP) is 1.45. The number of benzene rings is 2. The molecular formula is C24H22N2O7S. The van der Waals surface area contributed by atoms with Gasteiger partial charge in [-0.15, -0.1) is 6.42 Å². The lowest BCUT2D eigenvalue weighted by Gasteiger charge is -2.26. The zero-order chi connectivity index (χ0) is 24.7. The van der Waals surface area contributed by atoms with Gasteiger partial charge < -0.3 is 19.5 Å². The van der Waals surface area contributed by atoms with E-state index >= 15 is 0 Å². The molecule has 4 rings (SSSR count). The number of carboxylic acids is 1. The first-order chi connectivity index (χ1) is 16.1. The van der Waals surface area contributed by atoms with Gasteiger partial charge in [0.2, 0.25) is 10.0 Å². The number of carbonyl (C=O) groups is 2. The number of sulfonamides is 1. The lowest BCUT2D eigenvalue weighted by molar-refractivity contribution is -0.140. The fraction of sp³-hybridized carbons (Fsp3) is 0.250. The second-order valence-electron chi connectivity index (χ2n) is 8.01. The minimum atomic E-state index is -4.09. The number of hydrogen-bond acceptors (Lipinski definition) is 7. The van der Waals surface area contributed by atoms with Crippen molar-refractivity contribution < 1.29 is 32.6 Å². The summed E-state index contributed by atoms with van der Waals surface area (Å²) in [5.74, 6) is -0.191. The van der Waals surface area contributed by atoms with E-state index in [0.717, 1.165) is 11.1 Å². The van der Waals surface area contributed by atoms with Crippen molar-refractivity contribution in [2.45, 2.75) is 16.6 Å². The molecule has 2 unspecified atom stereocenters. The fourth-order valence-corrected chi connectivity index (χ4v) is 5.55. The molecule has 0 saturated heterocycles. The van der Waals surface area contributed by atoms with Crippen LogP contribution in [0, 0.1) is 12.3 Å². The highest BCUT2D eigenvalue weighted by atomic mass is 32.2. The number of ether oxygens (including phenoxy) is 2. The molecule has 2 aromatic rings. The quantitative estimate of drug-likeness (QED) is 0.329. The molecule has 34 heavy (non-hydrogen) atoms. The van der Waals surface area contributed by atoms with E-state index < -0.39 is 40.2 Å². The Labute approximate surface area is 196 Å². The highest BCUT2D eigenvalue weighted by molar-refractivity contribution is 7.89. The van der Waals surface area contributed by atoms with Crippen LogP contribution in [-0.4, -0.2) is 64.4 Å². The Bertz CT molecular complexity index is 1400. The molecule has 0 aliphatic carbocycles. The molecule has 2 atom stereocenters. The molecule has 0 fully saturated rings. The molecular weight excluding hydrogens is 460 g/mol. The van der Waals surface area contributed by atoms with Crippen LogP contribution in [0.3, 0.4) is 0 Å². The Balaban J connectivity index is 1.70. The molecule has 2 aliphatic rings. The number of rotatable bonds is 8. The molecule has 2 bridgehead atoms. The van der Waals surface area contributed by atoms with Crippen LogP contribution in [0.1, 0.15) is 0 Å². The summed E-state index contributed by atoms with van der Waals surface area (Å²) < 4.78 is 39.9. The number of terminal acetylenes is 1. The standard InChI is InChI=1S/C24H22N2O7S/c1-4-13-32-23(29)21-20(22(27)28)18-11-12-24(21,33-18)14-25-34(30,31)19-10-6-7-15-16(19)8-5-9-17(15)26(2)3/h1,5-12,18,25H,13-14H2,2-3H3,(H,27,28). The van der Waals surface area contributed by atoms with Gasteiger partial charge in [0.1, 0.15) is 11.7 Å². The van der Waals surface area contributed by atoms with Crippen LogP contribution in [-0.2, 0) is 29.1 Å². The average molecular weight is 483 g/mol. The average Bonchev–Trinajstić information content (AvgIpc) is 3.37. The molecule has 0 spiro atoms. The first-order valence-corrected chi connectivity index (χ1v) is 11.7. The van der Waals surface area contributed by atoms with E-state index in [1.807, 2.05) is 31.1 Å². The molecule has 10 heteroatoms.